The van der Waals surface area contributed by atoms with Crippen molar-refractivity contribution in [3.05, 3.63) is 29.8 Å². The largest absolute Gasteiger partial charge is 0.325 e. The number of rotatable bonds is 4. The van der Waals surface area contributed by atoms with Crippen LogP contribution in [0.2, 0.25) is 0 Å². The van der Waals surface area contributed by atoms with Crippen LogP contribution in [0, 0.1) is 0 Å². The van der Waals surface area contributed by atoms with Crippen molar-refractivity contribution in [2.24, 2.45) is 0 Å². The third kappa shape index (κ3) is 2.54. The van der Waals surface area contributed by atoms with Crippen LogP contribution in [0.15, 0.2) is 29.2 Å². The van der Waals surface area contributed by atoms with Crippen molar-refractivity contribution >= 4 is 17.7 Å². The van der Waals surface area contributed by atoms with E-state index in [-0.39, 0.29) is 18.1 Å². The van der Waals surface area contributed by atoms with Gasteiger partial charge in [0.1, 0.15) is 6.17 Å². The van der Waals surface area contributed by atoms with Gasteiger partial charge in [-0.1, -0.05) is 25.5 Å². The normalized spacial score (nSPS) is 23.7. The Bertz CT molecular complexity index is 418. The summed E-state index contributed by atoms with van der Waals surface area (Å²) in [7, 11) is 1.87. The maximum atomic E-state index is 12.1. The molecule has 1 N–H and O–H groups in total. The number of carbonyl (C=O) groups is 1. The topological polar surface area (TPSA) is 32.3 Å². The van der Waals surface area contributed by atoms with E-state index in [0.717, 1.165) is 18.4 Å². The number of amides is 1. The molecule has 0 aliphatic carbocycles. The van der Waals surface area contributed by atoms with E-state index in [1.54, 1.807) is 11.8 Å². The summed E-state index contributed by atoms with van der Waals surface area (Å²) >= 11 is 1.73. The molecular formula is C14H20N2OS. The van der Waals surface area contributed by atoms with E-state index in [0.29, 0.717) is 0 Å². The molecule has 18 heavy (non-hydrogen) atoms. The highest BCUT2D eigenvalue weighted by Crippen LogP contribution is 2.26. The molecule has 98 valence electrons. The minimum Gasteiger partial charge on any atom is -0.325 e. The van der Waals surface area contributed by atoms with Crippen LogP contribution in [0.1, 0.15) is 31.5 Å². The SMILES string of the molecule is CCCC1NC(c2ccc(SC)cc2)N(C)C1=O. The maximum Gasteiger partial charge on any atom is 0.241 e. The zero-order valence-corrected chi connectivity index (χ0v) is 12.0. The predicted molar refractivity (Wildman–Crippen MR) is 75.6 cm³/mol. The lowest BCUT2D eigenvalue weighted by Gasteiger charge is -2.19. The van der Waals surface area contributed by atoms with Crippen molar-refractivity contribution in [1.82, 2.24) is 10.2 Å². The Morgan fingerprint density at radius 3 is 2.56 bits per heavy atom. The van der Waals surface area contributed by atoms with Crippen molar-refractivity contribution in [2.75, 3.05) is 13.3 Å². The molecular weight excluding hydrogens is 244 g/mol. The highest BCUT2D eigenvalue weighted by molar-refractivity contribution is 7.98. The van der Waals surface area contributed by atoms with Crippen LogP contribution in [-0.2, 0) is 4.79 Å². The summed E-state index contributed by atoms with van der Waals surface area (Å²) < 4.78 is 0. The van der Waals surface area contributed by atoms with Gasteiger partial charge in [0.25, 0.3) is 0 Å². The highest BCUT2D eigenvalue weighted by Gasteiger charge is 2.36. The molecule has 2 rings (SSSR count). The van der Waals surface area contributed by atoms with Gasteiger partial charge in [-0.25, -0.2) is 0 Å². The fraction of sp³-hybridized carbons (Fsp3) is 0.500. The number of hydrogen-bond donors (Lipinski definition) is 1. The number of likely N-dealkylation sites (N-methyl/N-ethyl adjacent to an activating group) is 1. The van der Waals surface area contributed by atoms with Crippen LogP contribution in [0.4, 0.5) is 0 Å². The second kappa shape index (κ2) is 5.76. The Labute approximate surface area is 113 Å². The summed E-state index contributed by atoms with van der Waals surface area (Å²) in [4.78, 5) is 15.1. The average molecular weight is 264 g/mol. The summed E-state index contributed by atoms with van der Waals surface area (Å²) in [5, 5.41) is 3.41. The van der Waals surface area contributed by atoms with Gasteiger partial charge in [-0.3, -0.25) is 10.1 Å². The molecule has 1 aromatic carbocycles. The summed E-state index contributed by atoms with van der Waals surface area (Å²) in [6, 6.07) is 8.38. The summed E-state index contributed by atoms with van der Waals surface area (Å²) in [6.45, 7) is 2.11. The smallest absolute Gasteiger partial charge is 0.241 e. The first kappa shape index (κ1) is 13.4. The number of benzene rings is 1. The second-order valence-electron chi connectivity index (χ2n) is 4.63. The van der Waals surface area contributed by atoms with Gasteiger partial charge < -0.3 is 4.90 Å². The number of carbonyl (C=O) groups excluding carboxylic acids is 1. The fourth-order valence-electron chi connectivity index (χ4n) is 2.35. The first-order valence-corrected chi connectivity index (χ1v) is 7.56. The fourth-order valence-corrected chi connectivity index (χ4v) is 2.76. The van der Waals surface area contributed by atoms with Crippen LogP contribution in [0.5, 0.6) is 0 Å². The molecule has 1 heterocycles. The van der Waals surface area contributed by atoms with Gasteiger partial charge in [0.05, 0.1) is 6.04 Å². The summed E-state index contributed by atoms with van der Waals surface area (Å²) in [5.41, 5.74) is 1.15. The molecule has 1 aliphatic rings. The van der Waals surface area contributed by atoms with Crippen molar-refractivity contribution < 1.29 is 4.79 Å². The Kier molecular flexibility index (Phi) is 4.30. The molecule has 1 saturated heterocycles. The third-order valence-corrected chi connectivity index (χ3v) is 4.14. The van der Waals surface area contributed by atoms with Crippen LogP contribution in [0.3, 0.4) is 0 Å². The highest BCUT2D eigenvalue weighted by atomic mass is 32.2. The van der Waals surface area contributed by atoms with Gasteiger partial charge in [0.15, 0.2) is 0 Å². The van der Waals surface area contributed by atoms with Gasteiger partial charge in [-0.05, 0) is 30.4 Å². The van der Waals surface area contributed by atoms with E-state index in [9.17, 15) is 4.79 Å². The average Bonchev–Trinajstić information content (AvgIpc) is 2.68. The molecule has 0 radical (unpaired) electrons. The van der Waals surface area contributed by atoms with Crippen molar-refractivity contribution in [1.29, 1.82) is 0 Å². The van der Waals surface area contributed by atoms with E-state index >= 15 is 0 Å². The summed E-state index contributed by atoms with van der Waals surface area (Å²) in [6.07, 6.45) is 4.01. The third-order valence-electron chi connectivity index (χ3n) is 3.40. The Morgan fingerprint density at radius 2 is 2.00 bits per heavy atom. The van der Waals surface area contributed by atoms with Crippen LogP contribution < -0.4 is 5.32 Å². The number of nitrogens with zero attached hydrogens (tertiary/aromatic N) is 1. The minimum absolute atomic E-state index is 0.0185. The number of nitrogens with one attached hydrogen (secondary N) is 1. The molecule has 1 fully saturated rings. The van der Waals surface area contributed by atoms with Gasteiger partial charge in [0.2, 0.25) is 5.91 Å². The summed E-state index contributed by atoms with van der Waals surface area (Å²) in [5.74, 6) is 0.204. The van der Waals surface area contributed by atoms with E-state index in [4.69, 9.17) is 0 Å². The molecule has 0 saturated carbocycles. The zero-order chi connectivity index (χ0) is 13.1. The first-order chi connectivity index (χ1) is 8.67. The predicted octanol–water partition coefficient (Wildman–Crippen LogP) is 2.64. The minimum atomic E-state index is -0.0229. The molecule has 1 aliphatic heterocycles. The molecule has 4 heteroatoms. The van der Waals surface area contributed by atoms with Crippen molar-refractivity contribution in [3.8, 4) is 0 Å². The Balaban J connectivity index is 2.15. The quantitative estimate of drug-likeness (QED) is 0.849. The van der Waals surface area contributed by atoms with Gasteiger partial charge in [0, 0.05) is 11.9 Å². The zero-order valence-electron chi connectivity index (χ0n) is 11.1. The molecule has 3 nitrogen and oxygen atoms in total. The van der Waals surface area contributed by atoms with Crippen molar-refractivity contribution in [3.63, 3.8) is 0 Å². The standard InChI is InChI=1S/C14H20N2OS/c1-4-5-12-14(17)16(2)13(15-12)10-6-8-11(18-3)9-7-10/h6-9,12-13,15H,4-5H2,1-3H3. The maximum absolute atomic E-state index is 12.1. The van der Waals surface area contributed by atoms with Crippen molar-refractivity contribution in [2.45, 2.75) is 36.9 Å². The lowest BCUT2D eigenvalue weighted by molar-refractivity contribution is -0.128. The Morgan fingerprint density at radius 1 is 1.33 bits per heavy atom. The number of hydrogen-bond acceptors (Lipinski definition) is 3. The van der Waals surface area contributed by atoms with E-state index < -0.39 is 0 Å². The molecule has 0 spiro atoms. The lowest BCUT2D eigenvalue weighted by atomic mass is 10.1. The second-order valence-corrected chi connectivity index (χ2v) is 5.51. The lowest BCUT2D eigenvalue weighted by Crippen LogP contribution is -2.28. The first-order valence-electron chi connectivity index (χ1n) is 6.34. The number of thioether (sulfide) groups is 1. The molecule has 0 aromatic heterocycles. The van der Waals surface area contributed by atoms with Crippen LogP contribution in [0.25, 0.3) is 0 Å². The van der Waals surface area contributed by atoms with E-state index in [1.165, 1.54) is 4.90 Å². The monoisotopic (exact) mass is 264 g/mol. The Hall–Kier alpha value is -1.00. The molecule has 1 aromatic rings. The van der Waals surface area contributed by atoms with E-state index in [2.05, 4.69) is 42.8 Å². The van der Waals surface area contributed by atoms with Gasteiger partial charge in [-0.2, -0.15) is 0 Å². The van der Waals surface area contributed by atoms with Crippen LogP contribution >= 0.6 is 11.8 Å². The van der Waals surface area contributed by atoms with Crippen LogP contribution in [-0.4, -0.2) is 30.2 Å². The molecule has 1 amide bonds. The molecule has 2 atom stereocenters. The molecule has 0 bridgehead atoms. The molecule has 2 unspecified atom stereocenters. The van der Waals surface area contributed by atoms with E-state index in [1.807, 2.05) is 11.9 Å². The van der Waals surface area contributed by atoms with Gasteiger partial charge in [-0.15, -0.1) is 11.8 Å². The van der Waals surface area contributed by atoms with Gasteiger partial charge >= 0.3 is 0 Å².